The third kappa shape index (κ3) is 3.94. The first-order valence-electron chi connectivity index (χ1n) is 9.33. The van der Waals surface area contributed by atoms with Gasteiger partial charge in [-0.2, -0.15) is 9.78 Å². The number of ether oxygens (including phenoxy) is 1. The highest BCUT2D eigenvalue weighted by Crippen LogP contribution is 2.30. The Morgan fingerprint density at radius 1 is 1.19 bits per heavy atom. The van der Waals surface area contributed by atoms with Crippen molar-refractivity contribution in [1.82, 2.24) is 15.1 Å². The number of hydrogen-bond acceptors (Lipinski definition) is 5. The minimum absolute atomic E-state index is 0.0336. The quantitative estimate of drug-likeness (QED) is 0.867. The summed E-state index contributed by atoms with van der Waals surface area (Å²) in [5.74, 6) is -0.227. The Hall–Kier alpha value is -2.12. The largest absolute Gasteiger partial charge is 0.483 e. The minimum Gasteiger partial charge on any atom is -0.483 e. The highest BCUT2D eigenvalue weighted by Gasteiger charge is 2.25. The predicted octanol–water partition coefficient (Wildman–Crippen LogP) is 2.76. The number of nitrogens with one attached hydrogen (secondary N) is 1. The Morgan fingerprint density at radius 2 is 1.93 bits per heavy atom. The van der Waals surface area contributed by atoms with Crippen LogP contribution in [0.2, 0.25) is 5.02 Å². The standard InChI is InChI=1S/C19H22ClFN4O2/c20-13-9-14(21)11-15(10-13)25-19(26)18(27-16-3-1-2-4-16)17(12-23-25)24-7-5-22-6-8-24/h9-12,16,22H,1-8H2. The smallest absolute Gasteiger partial charge is 0.316 e. The monoisotopic (exact) mass is 392 g/mol. The molecule has 2 aliphatic rings. The van der Waals surface area contributed by atoms with Crippen LogP contribution in [0.15, 0.2) is 29.2 Å². The average molecular weight is 393 g/mol. The van der Waals surface area contributed by atoms with Gasteiger partial charge in [0.15, 0.2) is 0 Å². The molecule has 1 N–H and O–H groups in total. The molecule has 1 aliphatic carbocycles. The molecule has 4 rings (SSSR count). The van der Waals surface area contributed by atoms with E-state index in [1.54, 1.807) is 6.20 Å². The molecule has 6 nitrogen and oxygen atoms in total. The van der Waals surface area contributed by atoms with Crippen molar-refractivity contribution in [2.24, 2.45) is 0 Å². The first-order valence-corrected chi connectivity index (χ1v) is 9.71. The lowest BCUT2D eigenvalue weighted by atomic mass is 10.2. The fraction of sp³-hybridized carbons (Fsp3) is 0.474. The minimum atomic E-state index is -0.518. The molecule has 1 aromatic carbocycles. The van der Waals surface area contributed by atoms with E-state index in [2.05, 4.69) is 15.3 Å². The van der Waals surface area contributed by atoms with Gasteiger partial charge in [-0.25, -0.2) is 4.39 Å². The van der Waals surface area contributed by atoms with Crippen LogP contribution in [0.3, 0.4) is 0 Å². The first kappa shape index (κ1) is 18.3. The number of piperazine rings is 1. The van der Waals surface area contributed by atoms with Crippen LogP contribution < -0.4 is 20.5 Å². The molecule has 144 valence electrons. The maximum absolute atomic E-state index is 13.8. The van der Waals surface area contributed by atoms with E-state index in [4.69, 9.17) is 16.3 Å². The number of halogens is 2. The van der Waals surface area contributed by atoms with Crippen LogP contribution in [0, 0.1) is 5.82 Å². The molecule has 0 radical (unpaired) electrons. The number of hydrogen-bond donors (Lipinski definition) is 1. The zero-order chi connectivity index (χ0) is 18.8. The molecule has 1 aliphatic heterocycles. The summed E-state index contributed by atoms with van der Waals surface area (Å²) in [6.45, 7) is 3.23. The van der Waals surface area contributed by atoms with Gasteiger partial charge in [0.2, 0.25) is 5.75 Å². The molecular formula is C19H22ClFN4O2. The van der Waals surface area contributed by atoms with Crippen molar-refractivity contribution in [2.75, 3.05) is 31.1 Å². The molecule has 1 saturated carbocycles. The van der Waals surface area contributed by atoms with E-state index in [1.165, 1.54) is 18.2 Å². The summed E-state index contributed by atoms with van der Waals surface area (Å²) in [7, 11) is 0. The fourth-order valence-electron chi connectivity index (χ4n) is 3.69. The summed E-state index contributed by atoms with van der Waals surface area (Å²) in [5.41, 5.74) is 0.597. The SMILES string of the molecule is O=c1c(OC2CCCC2)c(N2CCNCC2)cnn1-c1cc(F)cc(Cl)c1. The molecule has 27 heavy (non-hydrogen) atoms. The third-order valence-corrected chi connectivity index (χ3v) is 5.27. The number of benzene rings is 1. The number of anilines is 1. The zero-order valence-corrected chi connectivity index (χ0v) is 15.7. The second kappa shape index (κ2) is 7.86. The molecule has 0 amide bonds. The number of rotatable bonds is 4. The Kier molecular flexibility index (Phi) is 5.31. The highest BCUT2D eigenvalue weighted by molar-refractivity contribution is 6.30. The normalized spacial score (nSPS) is 18.1. The summed E-state index contributed by atoms with van der Waals surface area (Å²) >= 11 is 5.95. The van der Waals surface area contributed by atoms with Crippen molar-refractivity contribution < 1.29 is 9.13 Å². The molecule has 2 heterocycles. The predicted molar refractivity (Wildman–Crippen MR) is 103 cm³/mol. The summed E-state index contributed by atoms with van der Waals surface area (Å²) in [6.07, 6.45) is 5.75. The van der Waals surface area contributed by atoms with Gasteiger partial charge in [0.05, 0.1) is 18.0 Å². The van der Waals surface area contributed by atoms with Crippen molar-refractivity contribution in [3.8, 4) is 11.4 Å². The van der Waals surface area contributed by atoms with Gasteiger partial charge < -0.3 is 15.0 Å². The highest BCUT2D eigenvalue weighted by atomic mass is 35.5. The average Bonchev–Trinajstić information content (AvgIpc) is 3.16. The molecule has 1 saturated heterocycles. The maximum atomic E-state index is 13.8. The molecule has 8 heteroatoms. The lowest BCUT2D eigenvalue weighted by Gasteiger charge is -2.31. The molecule has 0 spiro atoms. The van der Waals surface area contributed by atoms with Crippen LogP contribution in [0.25, 0.3) is 5.69 Å². The fourth-order valence-corrected chi connectivity index (χ4v) is 3.91. The Morgan fingerprint density at radius 3 is 2.63 bits per heavy atom. The van der Waals surface area contributed by atoms with Gasteiger partial charge in [0.1, 0.15) is 11.5 Å². The number of aromatic nitrogens is 2. The van der Waals surface area contributed by atoms with Crippen LogP contribution in [-0.2, 0) is 0 Å². The summed E-state index contributed by atoms with van der Waals surface area (Å²) in [5, 5.41) is 7.79. The molecule has 0 atom stereocenters. The van der Waals surface area contributed by atoms with Crippen molar-refractivity contribution in [3.05, 3.63) is 45.6 Å². The van der Waals surface area contributed by atoms with Gasteiger partial charge in [-0.1, -0.05) is 11.6 Å². The lowest BCUT2D eigenvalue weighted by molar-refractivity contribution is 0.206. The summed E-state index contributed by atoms with van der Waals surface area (Å²) in [6, 6.07) is 3.95. The van der Waals surface area contributed by atoms with Gasteiger partial charge in [-0.15, -0.1) is 0 Å². The second-order valence-corrected chi connectivity index (χ2v) is 7.40. The molecule has 2 aromatic rings. The molecule has 0 unspecified atom stereocenters. The van der Waals surface area contributed by atoms with Gasteiger partial charge >= 0.3 is 5.56 Å². The van der Waals surface area contributed by atoms with Crippen LogP contribution in [0.1, 0.15) is 25.7 Å². The summed E-state index contributed by atoms with van der Waals surface area (Å²) < 4.78 is 21.1. The van der Waals surface area contributed by atoms with Crippen LogP contribution in [-0.4, -0.2) is 42.1 Å². The van der Waals surface area contributed by atoms with Gasteiger partial charge in [0, 0.05) is 31.2 Å². The Balaban J connectivity index is 1.78. The van der Waals surface area contributed by atoms with E-state index in [1.807, 2.05) is 0 Å². The Labute approximate surface area is 161 Å². The third-order valence-electron chi connectivity index (χ3n) is 5.05. The number of nitrogens with zero attached hydrogens (tertiary/aromatic N) is 3. The van der Waals surface area contributed by atoms with E-state index in [0.717, 1.165) is 56.5 Å². The van der Waals surface area contributed by atoms with Gasteiger partial charge in [0.25, 0.3) is 0 Å². The van der Waals surface area contributed by atoms with E-state index < -0.39 is 5.82 Å². The van der Waals surface area contributed by atoms with Gasteiger partial charge in [-0.3, -0.25) is 4.79 Å². The van der Waals surface area contributed by atoms with Crippen molar-refractivity contribution in [3.63, 3.8) is 0 Å². The van der Waals surface area contributed by atoms with E-state index >= 15 is 0 Å². The van der Waals surface area contributed by atoms with Crippen molar-refractivity contribution in [1.29, 1.82) is 0 Å². The topological polar surface area (TPSA) is 59.4 Å². The Bertz CT molecular complexity index is 856. The van der Waals surface area contributed by atoms with Crippen LogP contribution in [0.4, 0.5) is 10.1 Å². The van der Waals surface area contributed by atoms with Crippen molar-refractivity contribution >= 4 is 17.3 Å². The lowest BCUT2D eigenvalue weighted by Crippen LogP contribution is -2.44. The molecule has 0 bridgehead atoms. The van der Waals surface area contributed by atoms with E-state index in [0.29, 0.717) is 11.4 Å². The van der Waals surface area contributed by atoms with E-state index in [-0.39, 0.29) is 22.4 Å². The first-order chi connectivity index (χ1) is 13.1. The maximum Gasteiger partial charge on any atom is 0.316 e. The second-order valence-electron chi connectivity index (χ2n) is 6.96. The zero-order valence-electron chi connectivity index (χ0n) is 15.0. The van der Waals surface area contributed by atoms with Crippen molar-refractivity contribution in [2.45, 2.75) is 31.8 Å². The molecule has 1 aromatic heterocycles. The van der Waals surface area contributed by atoms with Crippen LogP contribution >= 0.6 is 11.6 Å². The summed E-state index contributed by atoms with van der Waals surface area (Å²) in [4.78, 5) is 15.3. The molecular weight excluding hydrogens is 371 g/mol. The van der Waals surface area contributed by atoms with Crippen LogP contribution in [0.5, 0.6) is 5.75 Å². The molecule has 2 fully saturated rings. The van der Waals surface area contributed by atoms with E-state index in [9.17, 15) is 9.18 Å². The van der Waals surface area contributed by atoms with Gasteiger partial charge in [-0.05, 0) is 43.9 Å².